The Kier molecular flexibility index (Phi) is 4.65. The van der Waals surface area contributed by atoms with Crippen LogP contribution in [0, 0.1) is 6.92 Å². The smallest absolute Gasteiger partial charge is 0.290 e. The van der Waals surface area contributed by atoms with Gasteiger partial charge in [0, 0.05) is 28.2 Å². The minimum atomic E-state index is -0.937. The van der Waals surface area contributed by atoms with Crippen molar-refractivity contribution in [2.24, 2.45) is 0 Å². The lowest BCUT2D eigenvalue weighted by atomic mass is 10.1. The maximum absolute atomic E-state index is 11.7. The highest BCUT2D eigenvalue weighted by Crippen LogP contribution is 2.25. The molecule has 0 saturated heterocycles. The lowest BCUT2D eigenvalue weighted by Crippen LogP contribution is -2.28. The van der Waals surface area contributed by atoms with Crippen molar-refractivity contribution in [2.45, 2.75) is 13.0 Å². The van der Waals surface area contributed by atoms with Crippen LogP contribution >= 0.6 is 23.2 Å². The van der Waals surface area contributed by atoms with Gasteiger partial charge in [-0.25, -0.2) is 0 Å². The zero-order valence-electron chi connectivity index (χ0n) is 10.6. The molecule has 0 fully saturated rings. The monoisotopic (exact) mass is 314 g/mol. The first-order valence-electron chi connectivity index (χ1n) is 5.82. The predicted molar refractivity (Wildman–Crippen MR) is 75.0 cm³/mol. The first-order valence-corrected chi connectivity index (χ1v) is 6.57. The van der Waals surface area contributed by atoms with Crippen LogP contribution in [0.5, 0.6) is 0 Å². The molecule has 1 amide bonds. The first kappa shape index (κ1) is 14.8. The van der Waals surface area contributed by atoms with Crippen molar-refractivity contribution in [1.29, 1.82) is 0 Å². The fourth-order valence-corrected chi connectivity index (χ4v) is 2.16. The number of nitrogens with zero attached hydrogens (tertiary/aromatic N) is 1. The Morgan fingerprint density at radius 3 is 2.80 bits per heavy atom. The van der Waals surface area contributed by atoms with Gasteiger partial charge in [0.05, 0.1) is 11.8 Å². The highest BCUT2D eigenvalue weighted by Gasteiger charge is 2.16. The molecular formula is C13H12Cl2N2O3. The Balaban J connectivity index is 1.98. The number of amides is 1. The minimum absolute atomic E-state index is 0.0000661. The molecule has 0 aliphatic heterocycles. The highest BCUT2D eigenvalue weighted by molar-refractivity contribution is 6.35. The molecule has 20 heavy (non-hydrogen) atoms. The average Bonchev–Trinajstić information content (AvgIpc) is 2.82. The van der Waals surface area contributed by atoms with Gasteiger partial charge in [0.15, 0.2) is 0 Å². The number of carbonyl (C=O) groups is 1. The molecule has 0 bridgehead atoms. The van der Waals surface area contributed by atoms with Gasteiger partial charge in [0.2, 0.25) is 5.76 Å². The van der Waals surface area contributed by atoms with E-state index >= 15 is 0 Å². The molecule has 0 aliphatic rings. The van der Waals surface area contributed by atoms with Gasteiger partial charge in [0.25, 0.3) is 5.91 Å². The number of benzene rings is 1. The highest BCUT2D eigenvalue weighted by atomic mass is 35.5. The van der Waals surface area contributed by atoms with Crippen LogP contribution in [0.4, 0.5) is 0 Å². The fourth-order valence-electron chi connectivity index (χ4n) is 1.63. The van der Waals surface area contributed by atoms with Crippen LogP contribution in [0.2, 0.25) is 10.0 Å². The Bertz CT molecular complexity index is 628. The lowest BCUT2D eigenvalue weighted by molar-refractivity contribution is 0.0880. The van der Waals surface area contributed by atoms with Crippen molar-refractivity contribution < 1.29 is 14.4 Å². The molecule has 2 aromatic rings. The Morgan fingerprint density at radius 2 is 2.20 bits per heavy atom. The summed E-state index contributed by atoms with van der Waals surface area (Å²) in [7, 11) is 0. The topological polar surface area (TPSA) is 75.4 Å². The van der Waals surface area contributed by atoms with Gasteiger partial charge in [0.1, 0.15) is 0 Å². The van der Waals surface area contributed by atoms with E-state index in [2.05, 4.69) is 10.5 Å². The maximum atomic E-state index is 11.7. The number of aryl methyl sites for hydroxylation is 1. The zero-order chi connectivity index (χ0) is 14.7. The van der Waals surface area contributed by atoms with E-state index in [1.807, 2.05) is 0 Å². The Morgan fingerprint density at radius 1 is 1.45 bits per heavy atom. The van der Waals surface area contributed by atoms with Crippen LogP contribution < -0.4 is 5.32 Å². The van der Waals surface area contributed by atoms with E-state index in [0.29, 0.717) is 21.3 Å². The summed E-state index contributed by atoms with van der Waals surface area (Å²) in [5.74, 6) is -0.355. The second-order valence-corrected chi connectivity index (χ2v) is 5.07. The first-order chi connectivity index (χ1) is 9.47. The van der Waals surface area contributed by atoms with E-state index in [-0.39, 0.29) is 12.3 Å². The van der Waals surface area contributed by atoms with Crippen molar-refractivity contribution in [1.82, 2.24) is 10.5 Å². The quantitative estimate of drug-likeness (QED) is 0.910. The van der Waals surface area contributed by atoms with E-state index < -0.39 is 12.0 Å². The summed E-state index contributed by atoms with van der Waals surface area (Å²) in [6, 6.07) is 6.27. The molecule has 0 aliphatic carbocycles. The van der Waals surface area contributed by atoms with Gasteiger partial charge >= 0.3 is 0 Å². The zero-order valence-corrected chi connectivity index (χ0v) is 12.1. The van der Waals surface area contributed by atoms with Crippen LogP contribution in [0.3, 0.4) is 0 Å². The van der Waals surface area contributed by atoms with Crippen LogP contribution in [0.1, 0.15) is 27.9 Å². The molecule has 1 aromatic heterocycles. The number of hydrogen-bond donors (Lipinski definition) is 2. The summed E-state index contributed by atoms with van der Waals surface area (Å²) >= 11 is 11.8. The van der Waals surface area contributed by atoms with Crippen LogP contribution in [0.15, 0.2) is 28.8 Å². The number of aliphatic hydroxyl groups excluding tert-OH is 1. The molecule has 1 atom stereocenters. The molecule has 0 spiro atoms. The molecule has 5 nitrogen and oxygen atoms in total. The summed E-state index contributed by atoms with van der Waals surface area (Å²) in [4.78, 5) is 11.7. The fraction of sp³-hybridized carbons (Fsp3) is 0.231. The van der Waals surface area contributed by atoms with Crippen molar-refractivity contribution in [3.8, 4) is 0 Å². The van der Waals surface area contributed by atoms with Gasteiger partial charge in [-0.1, -0.05) is 34.4 Å². The van der Waals surface area contributed by atoms with Crippen LogP contribution in [-0.2, 0) is 0 Å². The second kappa shape index (κ2) is 6.26. The molecule has 2 rings (SSSR count). The molecular weight excluding hydrogens is 303 g/mol. The van der Waals surface area contributed by atoms with Crippen LogP contribution in [0.25, 0.3) is 0 Å². The number of carbonyl (C=O) groups excluding carboxylic acids is 1. The maximum Gasteiger partial charge on any atom is 0.290 e. The molecule has 1 unspecified atom stereocenters. The average molecular weight is 315 g/mol. The summed E-state index contributed by atoms with van der Waals surface area (Å²) in [6.45, 7) is 1.71. The van der Waals surface area contributed by atoms with Gasteiger partial charge in [-0.05, 0) is 19.1 Å². The second-order valence-electron chi connectivity index (χ2n) is 4.22. The van der Waals surface area contributed by atoms with E-state index in [9.17, 15) is 9.90 Å². The molecule has 106 valence electrons. The molecule has 7 heteroatoms. The van der Waals surface area contributed by atoms with Crippen molar-refractivity contribution in [2.75, 3.05) is 6.54 Å². The standard InChI is InChI=1S/C13H12Cl2N2O3/c1-7-4-12(20-17-7)13(19)16-6-11(18)9-3-2-8(14)5-10(9)15/h2-5,11,18H,6H2,1H3,(H,16,19). The van der Waals surface area contributed by atoms with Gasteiger partial charge in [-0.2, -0.15) is 0 Å². The third kappa shape index (κ3) is 3.50. The molecule has 0 saturated carbocycles. The molecule has 2 N–H and O–H groups in total. The third-order valence-electron chi connectivity index (χ3n) is 2.63. The number of hydrogen-bond acceptors (Lipinski definition) is 4. The van der Waals surface area contributed by atoms with E-state index in [4.69, 9.17) is 27.7 Å². The van der Waals surface area contributed by atoms with E-state index in [0.717, 1.165) is 0 Å². The minimum Gasteiger partial charge on any atom is -0.387 e. The Labute approximate surface area is 125 Å². The lowest BCUT2D eigenvalue weighted by Gasteiger charge is -2.13. The van der Waals surface area contributed by atoms with E-state index in [1.54, 1.807) is 19.1 Å². The SMILES string of the molecule is Cc1cc(C(=O)NCC(O)c2ccc(Cl)cc2Cl)on1. The van der Waals surface area contributed by atoms with Crippen molar-refractivity contribution in [3.05, 3.63) is 51.3 Å². The number of aliphatic hydroxyl groups is 1. The summed E-state index contributed by atoms with van der Waals surface area (Å²) in [6.07, 6.45) is -0.937. The van der Waals surface area contributed by atoms with Crippen molar-refractivity contribution >= 4 is 29.1 Å². The number of halogens is 2. The largest absolute Gasteiger partial charge is 0.387 e. The number of rotatable bonds is 4. The molecule has 1 aromatic carbocycles. The number of aromatic nitrogens is 1. The normalized spacial score (nSPS) is 12.2. The van der Waals surface area contributed by atoms with Gasteiger partial charge in [-0.15, -0.1) is 0 Å². The third-order valence-corrected chi connectivity index (χ3v) is 3.19. The number of nitrogens with one attached hydrogen (secondary N) is 1. The summed E-state index contributed by atoms with van der Waals surface area (Å²) in [5, 5.41) is 17.0. The van der Waals surface area contributed by atoms with Gasteiger partial charge < -0.3 is 14.9 Å². The predicted octanol–water partition coefficient (Wildman–Crippen LogP) is 2.75. The summed E-state index contributed by atoms with van der Waals surface area (Å²) < 4.78 is 4.82. The summed E-state index contributed by atoms with van der Waals surface area (Å²) in [5.41, 5.74) is 1.10. The van der Waals surface area contributed by atoms with Crippen LogP contribution in [-0.4, -0.2) is 22.7 Å². The van der Waals surface area contributed by atoms with E-state index in [1.165, 1.54) is 12.1 Å². The van der Waals surface area contributed by atoms with Gasteiger partial charge in [-0.3, -0.25) is 4.79 Å². The molecule has 0 radical (unpaired) electrons. The molecule has 1 heterocycles. The van der Waals surface area contributed by atoms with Crippen molar-refractivity contribution in [3.63, 3.8) is 0 Å². The Hall–Kier alpha value is -1.56.